The van der Waals surface area contributed by atoms with Crippen LogP contribution in [0.1, 0.15) is 16.1 Å². The third kappa shape index (κ3) is 3.24. The topological polar surface area (TPSA) is 110 Å². The summed E-state index contributed by atoms with van der Waals surface area (Å²) in [6.07, 6.45) is 1.33. The van der Waals surface area contributed by atoms with Crippen molar-refractivity contribution in [1.29, 1.82) is 0 Å². The quantitative estimate of drug-likeness (QED) is 0.838. The molecule has 2 aromatic rings. The van der Waals surface area contributed by atoms with E-state index >= 15 is 0 Å². The van der Waals surface area contributed by atoms with Gasteiger partial charge in [-0.3, -0.25) is 0 Å². The van der Waals surface area contributed by atoms with Crippen LogP contribution >= 0.6 is 15.9 Å². The van der Waals surface area contributed by atoms with Crippen LogP contribution in [0.25, 0.3) is 0 Å². The molecule has 0 aliphatic carbocycles. The number of nitrogens with one attached hydrogen (secondary N) is 1. The maximum Gasteiger partial charge on any atom is 0.336 e. The Labute approximate surface area is 122 Å². The van der Waals surface area contributed by atoms with Gasteiger partial charge in [0, 0.05) is 10.5 Å². The average Bonchev–Trinajstić information content (AvgIpc) is 2.89. The summed E-state index contributed by atoms with van der Waals surface area (Å²) < 4.78 is 31.3. The third-order valence-corrected chi connectivity index (χ3v) is 4.50. The highest BCUT2D eigenvalue weighted by Crippen LogP contribution is 2.21. The van der Waals surface area contributed by atoms with E-state index in [1.807, 2.05) is 0 Å². The van der Waals surface area contributed by atoms with Gasteiger partial charge in [-0.1, -0.05) is 5.16 Å². The molecule has 0 bridgehead atoms. The monoisotopic (exact) mass is 360 g/mol. The largest absolute Gasteiger partial charge is 0.478 e. The lowest BCUT2D eigenvalue weighted by Gasteiger charge is -2.07. The summed E-state index contributed by atoms with van der Waals surface area (Å²) in [6, 6.07) is 5.28. The van der Waals surface area contributed by atoms with Crippen molar-refractivity contribution in [3.05, 3.63) is 46.3 Å². The van der Waals surface area contributed by atoms with Gasteiger partial charge in [-0.25, -0.2) is 17.9 Å². The molecule has 20 heavy (non-hydrogen) atoms. The molecule has 0 aliphatic heterocycles. The number of rotatable bonds is 5. The molecule has 0 aliphatic rings. The fourth-order valence-corrected chi connectivity index (χ4v) is 2.86. The van der Waals surface area contributed by atoms with Gasteiger partial charge in [0.05, 0.1) is 22.7 Å². The molecule has 2 N–H and O–H groups in total. The lowest BCUT2D eigenvalue weighted by Crippen LogP contribution is -2.23. The van der Waals surface area contributed by atoms with Crippen molar-refractivity contribution in [3.63, 3.8) is 0 Å². The van der Waals surface area contributed by atoms with Crippen LogP contribution in [0.4, 0.5) is 0 Å². The molecule has 2 rings (SSSR count). The van der Waals surface area contributed by atoms with Crippen LogP contribution in [-0.2, 0) is 16.6 Å². The van der Waals surface area contributed by atoms with Gasteiger partial charge in [0.1, 0.15) is 6.26 Å². The number of nitrogens with zero attached hydrogens (tertiary/aromatic N) is 1. The lowest BCUT2D eigenvalue weighted by molar-refractivity contribution is 0.0695. The van der Waals surface area contributed by atoms with E-state index in [-0.39, 0.29) is 17.0 Å². The first-order chi connectivity index (χ1) is 9.40. The molecule has 1 aromatic carbocycles. The Balaban J connectivity index is 2.25. The first-order valence-corrected chi connectivity index (χ1v) is 7.59. The molecule has 0 saturated heterocycles. The number of hydrogen-bond acceptors (Lipinski definition) is 5. The van der Waals surface area contributed by atoms with Gasteiger partial charge in [-0.15, -0.1) is 0 Å². The second-order valence-corrected chi connectivity index (χ2v) is 6.38. The fraction of sp³-hybridized carbons (Fsp3) is 0.0909. The van der Waals surface area contributed by atoms with Gasteiger partial charge >= 0.3 is 5.97 Å². The van der Waals surface area contributed by atoms with Gasteiger partial charge in [0.15, 0.2) is 0 Å². The molecule has 0 fully saturated rings. The SMILES string of the molecule is O=C(O)c1cc(S(=O)(=O)NCc2ccon2)ccc1Br. The number of benzene rings is 1. The summed E-state index contributed by atoms with van der Waals surface area (Å²) in [5.74, 6) is -1.22. The Kier molecular flexibility index (Phi) is 4.21. The van der Waals surface area contributed by atoms with Crippen molar-refractivity contribution in [3.8, 4) is 0 Å². The Hall–Kier alpha value is -1.71. The zero-order valence-corrected chi connectivity index (χ0v) is 12.3. The molecular weight excluding hydrogens is 352 g/mol. The summed E-state index contributed by atoms with van der Waals surface area (Å²) >= 11 is 3.05. The number of carboxylic acid groups (broad SMARTS) is 1. The van der Waals surface area contributed by atoms with Crippen molar-refractivity contribution in [2.45, 2.75) is 11.4 Å². The lowest BCUT2D eigenvalue weighted by atomic mass is 10.2. The normalized spacial score (nSPS) is 11.4. The van der Waals surface area contributed by atoms with Gasteiger partial charge in [0.25, 0.3) is 0 Å². The number of aromatic carboxylic acids is 1. The Morgan fingerprint density at radius 3 is 2.75 bits per heavy atom. The predicted octanol–water partition coefficient (Wildman–Crippen LogP) is 1.61. The van der Waals surface area contributed by atoms with E-state index in [9.17, 15) is 13.2 Å². The van der Waals surface area contributed by atoms with Crippen LogP contribution < -0.4 is 4.72 Å². The molecule has 0 saturated carbocycles. The van der Waals surface area contributed by atoms with E-state index in [0.717, 1.165) is 6.07 Å². The second-order valence-electron chi connectivity index (χ2n) is 3.76. The molecule has 0 radical (unpaired) electrons. The van der Waals surface area contributed by atoms with Crippen LogP contribution in [0.15, 0.2) is 44.4 Å². The molecule has 0 spiro atoms. The van der Waals surface area contributed by atoms with Crippen molar-refractivity contribution >= 4 is 31.9 Å². The number of sulfonamides is 1. The highest BCUT2D eigenvalue weighted by molar-refractivity contribution is 9.10. The van der Waals surface area contributed by atoms with Crippen molar-refractivity contribution in [1.82, 2.24) is 9.88 Å². The fourth-order valence-electron chi connectivity index (χ4n) is 1.42. The zero-order valence-electron chi connectivity index (χ0n) is 9.91. The predicted molar refractivity (Wildman–Crippen MR) is 71.6 cm³/mol. The first kappa shape index (κ1) is 14.7. The maximum atomic E-state index is 12.0. The summed E-state index contributed by atoms with van der Waals surface area (Å²) in [6.45, 7) is -0.0443. The minimum absolute atomic E-state index is 0.0443. The molecule has 1 heterocycles. The van der Waals surface area contributed by atoms with E-state index in [1.54, 1.807) is 0 Å². The maximum absolute atomic E-state index is 12.0. The molecule has 1 aromatic heterocycles. The van der Waals surface area contributed by atoms with E-state index in [1.165, 1.54) is 24.5 Å². The molecular formula is C11H9BrN2O5S. The van der Waals surface area contributed by atoms with Crippen LogP contribution in [0, 0.1) is 0 Å². The average molecular weight is 361 g/mol. The van der Waals surface area contributed by atoms with Crippen molar-refractivity contribution < 1.29 is 22.8 Å². The highest BCUT2D eigenvalue weighted by atomic mass is 79.9. The number of aromatic nitrogens is 1. The second kappa shape index (κ2) is 5.73. The van der Waals surface area contributed by atoms with Crippen LogP contribution in [0.2, 0.25) is 0 Å². The standard InChI is InChI=1S/C11H9BrN2O5S/c12-10-2-1-8(5-9(10)11(15)16)20(17,18)13-6-7-3-4-19-14-7/h1-5,13H,6H2,(H,15,16). The smallest absolute Gasteiger partial charge is 0.336 e. The van der Waals surface area contributed by atoms with Gasteiger partial charge < -0.3 is 9.63 Å². The van der Waals surface area contributed by atoms with E-state index in [2.05, 4.69) is 30.3 Å². The zero-order chi connectivity index (χ0) is 14.8. The molecule has 0 unspecified atom stereocenters. The number of halogens is 1. The third-order valence-electron chi connectivity index (χ3n) is 2.41. The van der Waals surface area contributed by atoms with Crippen LogP contribution in [0.5, 0.6) is 0 Å². The van der Waals surface area contributed by atoms with E-state index in [4.69, 9.17) is 5.11 Å². The van der Waals surface area contributed by atoms with Crippen LogP contribution in [0.3, 0.4) is 0 Å². The van der Waals surface area contributed by atoms with Gasteiger partial charge in [-0.05, 0) is 34.1 Å². The minimum Gasteiger partial charge on any atom is -0.478 e. The van der Waals surface area contributed by atoms with Crippen molar-refractivity contribution in [2.75, 3.05) is 0 Å². The minimum atomic E-state index is -3.82. The Morgan fingerprint density at radius 2 is 2.15 bits per heavy atom. The summed E-state index contributed by atoms with van der Waals surface area (Å²) in [5, 5.41) is 12.5. The van der Waals surface area contributed by atoms with E-state index in [0.29, 0.717) is 10.2 Å². The molecule has 106 valence electrons. The Morgan fingerprint density at radius 1 is 1.40 bits per heavy atom. The Bertz CT molecular complexity index is 727. The molecule has 0 atom stereocenters. The first-order valence-electron chi connectivity index (χ1n) is 5.32. The van der Waals surface area contributed by atoms with Crippen LogP contribution in [-0.4, -0.2) is 24.7 Å². The summed E-state index contributed by atoms with van der Waals surface area (Å²) in [5.41, 5.74) is 0.290. The number of hydrogen-bond donors (Lipinski definition) is 2. The highest BCUT2D eigenvalue weighted by Gasteiger charge is 2.18. The van der Waals surface area contributed by atoms with E-state index < -0.39 is 16.0 Å². The van der Waals surface area contributed by atoms with Crippen molar-refractivity contribution in [2.24, 2.45) is 0 Å². The summed E-state index contributed by atoms with van der Waals surface area (Å²) in [7, 11) is -3.82. The molecule has 0 amide bonds. The number of carbonyl (C=O) groups is 1. The summed E-state index contributed by atoms with van der Waals surface area (Å²) in [4.78, 5) is 10.8. The van der Waals surface area contributed by atoms with Gasteiger partial charge in [0.2, 0.25) is 10.0 Å². The number of carboxylic acids is 1. The molecule has 7 nitrogen and oxygen atoms in total. The van der Waals surface area contributed by atoms with Gasteiger partial charge in [-0.2, -0.15) is 0 Å². The molecule has 9 heteroatoms.